The molecular formula is C22H23ClN4O3. The maximum absolute atomic E-state index is 13.3. The summed E-state index contributed by atoms with van der Waals surface area (Å²) in [5, 5.41) is 13.6. The van der Waals surface area contributed by atoms with Crippen molar-refractivity contribution < 1.29 is 14.7 Å². The number of hydrogen-bond donors (Lipinski definition) is 3. The van der Waals surface area contributed by atoms with Gasteiger partial charge in [-0.3, -0.25) is 9.59 Å². The molecule has 3 N–H and O–H groups in total. The van der Waals surface area contributed by atoms with Crippen LogP contribution in [0.1, 0.15) is 28.9 Å². The molecule has 2 amide bonds. The molecule has 4 rings (SSSR count). The Morgan fingerprint density at radius 2 is 2.10 bits per heavy atom. The molecule has 1 aliphatic rings. The van der Waals surface area contributed by atoms with Crippen molar-refractivity contribution in [3.05, 3.63) is 65.1 Å². The van der Waals surface area contributed by atoms with Gasteiger partial charge in [0.1, 0.15) is 16.9 Å². The van der Waals surface area contributed by atoms with E-state index in [1.165, 1.54) is 0 Å². The zero-order valence-electron chi connectivity index (χ0n) is 16.3. The van der Waals surface area contributed by atoms with Crippen molar-refractivity contribution >= 4 is 34.3 Å². The fourth-order valence-electron chi connectivity index (χ4n) is 3.93. The van der Waals surface area contributed by atoms with Crippen molar-refractivity contribution in [2.24, 2.45) is 0 Å². The normalized spacial score (nSPS) is 17.3. The number of nitrogens with one attached hydrogen (secondary N) is 2. The summed E-state index contributed by atoms with van der Waals surface area (Å²) in [4.78, 5) is 34.9. The van der Waals surface area contributed by atoms with E-state index in [0.29, 0.717) is 29.3 Å². The minimum absolute atomic E-state index is 0.0759. The summed E-state index contributed by atoms with van der Waals surface area (Å²) in [5.41, 5.74) is 1.97. The molecule has 1 aliphatic heterocycles. The highest BCUT2D eigenvalue weighted by Gasteiger charge is 2.33. The van der Waals surface area contributed by atoms with Crippen LogP contribution >= 0.6 is 11.6 Å². The van der Waals surface area contributed by atoms with E-state index >= 15 is 0 Å². The van der Waals surface area contributed by atoms with Crippen LogP contribution in [0.3, 0.4) is 0 Å². The number of hydrogen-bond acceptors (Lipinski definition) is 4. The minimum atomic E-state index is -0.736. The molecule has 1 saturated heterocycles. The van der Waals surface area contributed by atoms with Crippen LogP contribution < -0.4 is 5.32 Å². The molecule has 1 aromatic carbocycles. The number of nitrogens with zero attached hydrogens (tertiary/aromatic N) is 2. The summed E-state index contributed by atoms with van der Waals surface area (Å²) in [7, 11) is 0. The van der Waals surface area contributed by atoms with Gasteiger partial charge < -0.3 is 20.3 Å². The van der Waals surface area contributed by atoms with Gasteiger partial charge in [0.25, 0.3) is 5.91 Å². The number of aromatic nitrogens is 2. The Morgan fingerprint density at radius 3 is 2.87 bits per heavy atom. The number of carbonyl (C=O) groups excluding carboxylic acids is 2. The molecule has 7 nitrogen and oxygen atoms in total. The summed E-state index contributed by atoms with van der Waals surface area (Å²) in [6, 6.07) is 12.0. The molecule has 1 unspecified atom stereocenters. The van der Waals surface area contributed by atoms with Crippen LogP contribution in [0.4, 0.5) is 0 Å². The van der Waals surface area contributed by atoms with Crippen molar-refractivity contribution in [2.75, 3.05) is 13.2 Å². The largest absolute Gasteiger partial charge is 0.394 e. The van der Waals surface area contributed by atoms with Gasteiger partial charge in [-0.25, -0.2) is 4.98 Å². The molecule has 2 aromatic heterocycles. The number of H-pyrrole nitrogens is 1. The monoisotopic (exact) mass is 426 g/mol. The predicted molar refractivity (Wildman–Crippen MR) is 114 cm³/mol. The highest BCUT2D eigenvalue weighted by atomic mass is 35.5. The van der Waals surface area contributed by atoms with Crippen LogP contribution in [0.15, 0.2) is 48.7 Å². The van der Waals surface area contributed by atoms with Crippen molar-refractivity contribution in [2.45, 2.75) is 31.3 Å². The van der Waals surface area contributed by atoms with Crippen LogP contribution in [-0.4, -0.2) is 57.0 Å². The van der Waals surface area contributed by atoms with Gasteiger partial charge in [0.05, 0.1) is 24.4 Å². The van der Waals surface area contributed by atoms with Crippen LogP contribution in [0, 0.1) is 0 Å². The number of amides is 2. The smallest absolute Gasteiger partial charge is 0.268 e. The number of fused-ring (bicyclic) bond motifs is 1. The molecule has 1 fully saturated rings. The molecule has 2 atom stereocenters. The second-order valence-electron chi connectivity index (χ2n) is 7.50. The first-order valence-corrected chi connectivity index (χ1v) is 10.3. The summed E-state index contributed by atoms with van der Waals surface area (Å²) < 4.78 is 0. The average molecular weight is 427 g/mol. The maximum atomic E-state index is 13.3. The quantitative estimate of drug-likeness (QED) is 0.527. The van der Waals surface area contributed by atoms with E-state index in [1.54, 1.807) is 23.2 Å². The number of carbonyl (C=O) groups is 2. The molecule has 0 radical (unpaired) electrons. The lowest BCUT2D eigenvalue weighted by Gasteiger charge is -2.28. The molecule has 8 heteroatoms. The number of halogens is 1. The Kier molecular flexibility index (Phi) is 6.01. The van der Waals surface area contributed by atoms with E-state index in [0.717, 1.165) is 23.8 Å². The fourth-order valence-corrected chi connectivity index (χ4v) is 4.09. The highest BCUT2D eigenvalue weighted by molar-refractivity contribution is 6.30. The number of pyridine rings is 1. The third-order valence-electron chi connectivity index (χ3n) is 5.47. The first kappa shape index (κ1) is 20.4. The zero-order chi connectivity index (χ0) is 21.1. The van der Waals surface area contributed by atoms with Gasteiger partial charge in [0.2, 0.25) is 5.91 Å². The molecule has 156 valence electrons. The summed E-state index contributed by atoms with van der Waals surface area (Å²) in [5.74, 6) is -0.555. The molecular weight excluding hydrogens is 404 g/mol. The Balaban J connectivity index is 1.57. The first-order chi connectivity index (χ1) is 14.5. The standard InChI is InChI=1S/C22H23ClN4O3/c23-20-11-15-10-17(25-19(15)12-24-20)21(29)26-18(9-14-5-2-1-3-6-14)22(30)27-8-4-7-16(27)13-28/h1-3,5-6,10-12,16,18,25,28H,4,7-9,13H2,(H,26,29)/t16?,18-/m0/s1. The second kappa shape index (κ2) is 8.85. The van der Waals surface area contributed by atoms with Crippen molar-refractivity contribution in [3.8, 4) is 0 Å². The van der Waals surface area contributed by atoms with Crippen LogP contribution in [-0.2, 0) is 11.2 Å². The number of rotatable bonds is 6. The minimum Gasteiger partial charge on any atom is -0.394 e. The molecule has 0 spiro atoms. The van der Waals surface area contributed by atoms with E-state index in [9.17, 15) is 14.7 Å². The van der Waals surface area contributed by atoms with E-state index in [1.807, 2.05) is 30.3 Å². The van der Waals surface area contributed by atoms with Crippen LogP contribution in [0.2, 0.25) is 5.15 Å². The topological polar surface area (TPSA) is 98.3 Å². The number of likely N-dealkylation sites (tertiary alicyclic amines) is 1. The Bertz CT molecular complexity index is 1050. The van der Waals surface area contributed by atoms with Crippen molar-refractivity contribution in [1.29, 1.82) is 0 Å². The van der Waals surface area contributed by atoms with Gasteiger partial charge in [-0.2, -0.15) is 0 Å². The zero-order valence-corrected chi connectivity index (χ0v) is 17.1. The van der Waals surface area contributed by atoms with Gasteiger partial charge >= 0.3 is 0 Å². The molecule has 3 heterocycles. The molecule has 0 saturated carbocycles. The Morgan fingerprint density at radius 1 is 1.30 bits per heavy atom. The van der Waals surface area contributed by atoms with Crippen LogP contribution in [0.25, 0.3) is 10.9 Å². The van der Waals surface area contributed by atoms with Gasteiger partial charge in [-0.15, -0.1) is 0 Å². The van der Waals surface area contributed by atoms with E-state index in [-0.39, 0.29) is 24.5 Å². The maximum Gasteiger partial charge on any atom is 0.268 e. The lowest BCUT2D eigenvalue weighted by atomic mass is 10.0. The lowest BCUT2D eigenvalue weighted by molar-refractivity contribution is -0.134. The predicted octanol–water partition coefficient (Wildman–Crippen LogP) is 2.54. The summed E-state index contributed by atoms with van der Waals surface area (Å²) >= 11 is 5.93. The summed E-state index contributed by atoms with van der Waals surface area (Å²) in [6.45, 7) is 0.509. The molecule has 0 bridgehead atoms. The van der Waals surface area contributed by atoms with E-state index in [4.69, 9.17) is 11.6 Å². The van der Waals surface area contributed by atoms with Crippen LogP contribution in [0.5, 0.6) is 0 Å². The Labute approximate surface area is 179 Å². The van der Waals surface area contributed by atoms with Gasteiger partial charge in [0.15, 0.2) is 0 Å². The highest BCUT2D eigenvalue weighted by Crippen LogP contribution is 2.20. The Hall–Kier alpha value is -2.90. The van der Waals surface area contributed by atoms with Gasteiger partial charge in [-0.1, -0.05) is 41.9 Å². The third-order valence-corrected chi connectivity index (χ3v) is 5.68. The number of benzene rings is 1. The SMILES string of the molecule is O=C(N[C@@H](Cc1ccccc1)C(=O)N1CCCC1CO)c1cc2cc(Cl)ncc2[nH]1. The average Bonchev–Trinajstić information content (AvgIpc) is 3.40. The van der Waals surface area contributed by atoms with Gasteiger partial charge in [-0.05, 0) is 30.5 Å². The second-order valence-corrected chi connectivity index (χ2v) is 7.89. The fraction of sp³-hybridized carbons (Fsp3) is 0.318. The molecule has 0 aliphatic carbocycles. The van der Waals surface area contributed by atoms with Crippen molar-refractivity contribution in [1.82, 2.24) is 20.2 Å². The van der Waals surface area contributed by atoms with E-state index < -0.39 is 6.04 Å². The first-order valence-electron chi connectivity index (χ1n) is 9.95. The van der Waals surface area contributed by atoms with Gasteiger partial charge in [0, 0.05) is 18.4 Å². The van der Waals surface area contributed by atoms with Crippen molar-refractivity contribution in [3.63, 3.8) is 0 Å². The molecule has 3 aromatic rings. The van der Waals surface area contributed by atoms with E-state index in [2.05, 4.69) is 15.3 Å². The summed E-state index contributed by atoms with van der Waals surface area (Å²) in [6.07, 6.45) is 3.55. The number of aromatic amines is 1. The molecule has 30 heavy (non-hydrogen) atoms. The third kappa shape index (κ3) is 4.32. The number of aliphatic hydroxyl groups is 1. The lowest BCUT2D eigenvalue weighted by Crippen LogP contribution is -2.51. The number of aliphatic hydroxyl groups excluding tert-OH is 1.